The van der Waals surface area contributed by atoms with Crippen LogP contribution in [0, 0.1) is 6.92 Å². The van der Waals surface area contributed by atoms with E-state index in [1.54, 1.807) is 25.5 Å². The molecule has 7 nitrogen and oxygen atoms in total. The van der Waals surface area contributed by atoms with Gasteiger partial charge in [-0.2, -0.15) is 9.78 Å². The Morgan fingerprint density at radius 2 is 1.82 bits per heavy atom. The molecule has 4 rings (SSSR count). The number of halogens is 2. The monoisotopic (exact) mass is 611 g/mol. The highest BCUT2D eigenvalue weighted by Gasteiger charge is 2.20. The molecule has 0 aliphatic heterocycles. The summed E-state index contributed by atoms with van der Waals surface area (Å²) in [6.07, 6.45) is 1.57. The van der Waals surface area contributed by atoms with E-state index in [4.69, 9.17) is 30.8 Å². The second-order valence-corrected chi connectivity index (χ2v) is 10.3. The molecule has 0 aliphatic rings. The fourth-order valence-electron chi connectivity index (χ4n) is 4.33. The van der Waals surface area contributed by atoms with E-state index < -0.39 is 0 Å². The first-order valence-corrected chi connectivity index (χ1v) is 13.9. The number of nitrogens with zero attached hydrogens (tertiary/aromatic N) is 3. The van der Waals surface area contributed by atoms with Crippen LogP contribution in [-0.2, 0) is 0 Å². The van der Waals surface area contributed by atoms with Crippen molar-refractivity contribution in [1.29, 1.82) is 0 Å². The minimum absolute atomic E-state index is 0.197. The zero-order valence-electron chi connectivity index (χ0n) is 22.8. The smallest absolute Gasteiger partial charge is 0.282 e. The largest absolute Gasteiger partial charge is 0.496 e. The van der Waals surface area contributed by atoms with Gasteiger partial charge < -0.3 is 14.2 Å². The van der Waals surface area contributed by atoms with E-state index in [0.29, 0.717) is 56.5 Å². The number of hydrogen-bond donors (Lipinski definition) is 0. The number of para-hydroxylation sites is 1. The number of fused-ring (bicyclic) bond motifs is 1. The molecule has 0 radical (unpaired) electrons. The zero-order chi connectivity index (χ0) is 28.3. The Morgan fingerprint density at radius 1 is 1.10 bits per heavy atom. The first-order chi connectivity index (χ1) is 18.7. The maximum absolute atomic E-state index is 13.8. The number of hydrogen-bond acceptors (Lipinski definition) is 6. The minimum atomic E-state index is -0.286. The molecule has 0 N–H and O–H groups in total. The highest BCUT2D eigenvalue weighted by atomic mass is 79.9. The summed E-state index contributed by atoms with van der Waals surface area (Å²) in [5.41, 5.74) is 3.64. The topological polar surface area (TPSA) is 74.9 Å². The Balaban J connectivity index is 1.97. The predicted molar refractivity (Wildman–Crippen MR) is 161 cm³/mol. The fraction of sp³-hybridized carbons (Fsp3) is 0.300. The minimum Gasteiger partial charge on any atom is -0.496 e. The fourth-order valence-corrected chi connectivity index (χ4v) is 4.99. The van der Waals surface area contributed by atoms with Crippen LogP contribution < -0.4 is 19.8 Å². The van der Waals surface area contributed by atoms with Gasteiger partial charge >= 0.3 is 0 Å². The van der Waals surface area contributed by atoms with Gasteiger partial charge in [0.2, 0.25) is 0 Å². The van der Waals surface area contributed by atoms with Gasteiger partial charge in [0.05, 0.1) is 37.4 Å². The number of rotatable bonds is 9. The van der Waals surface area contributed by atoms with E-state index in [9.17, 15) is 4.79 Å². The lowest BCUT2D eigenvalue weighted by molar-refractivity contribution is 0.287. The van der Waals surface area contributed by atoms with Gasteiger partial charge in [-0.1, -0.05) is 37.6 Å². The van der Waals surface area contributed by atoms with Gasteiger partial charge in [0, 0.05) is 15.6 Å². The second-order valence-electron chi connectivity index (χ2n) is 9.16. The molecular weight excluding hydrogens is 582 g/mol. The lowest BCUT2D eigenvalue weighted by Gasteiger charge is -2.17. The van der Waals surface area contributed by atoms with E-state index in [2.05, 4.69) is 34.9 Å². The normalized spacial score (nSPS) is 11.5. The van der Waals surface area contributed by atoms with Gasteiger partial charge in [0.25, 0.3) is 5.56 Å². The number of aromatic nitrogens is 2. The zero-order valence-corrected chi connectivity index (χ0v) is 25.2. The summed E-state index contributed by atoms with van der Waals surface area (Å²) in [6, 6.07) is 13.0. The van der Waals surface area contributed by atoms with Crippen LogP contribution in [0.1, 0.15) is 50.3 Å². The van der Waals surface area contributed by atoms with Crippen molar-refractivity contribution in [2.75, 3.05) is 20.3 Å². The highest BCUT2D eigenvalue weighted by molar-refractivity contribution is 9.10. The van der Waals surface area contributed by atoms with Crippen molar-refractivity contribution in [3.05, 3.63) is 79.0 Å². The summed E-state index contributed by atoms with van der Waals surface area (Å²) in [5, 5.41) is 5.47. The molecule has 9 heteroatoms. The molecular formula is C30H31BrClN3O4. The van der Waals surface area contributed by atoms with Crippen LogP contribution in [0.4, 0.5) is 0 Å². The van der Waals surface area contributed by atoms with Crippen LogP contribution >= 0.6 is 27.5 Å². The summed E-state index contributed by atoms with van der Waals surface area (Å²) < 4.78 is 19.0. The van der Waals surface area contributed by atoms with Crippen molar-refractivity contribution in [1.82, 2.24) is 9.66 Å². The van der Waals surface area contributed by atoms with Gasteiger partial charge in [0.1, 0.15) is 10.8 Å². The molecule has 0 aliphatic carbocycles. The standard InChI is InChI=1S/C30H31BrClN3O4/c1-7-38-25-14-19(26(31)27(32)28(25)39-8-2)16-33-35-29(34-23-12-10-9-11-20(23)30(35)36)22-15-21(17(3)4)24(37-6)13-18(22)5/h9-17H,7-8H2,1-6H3. The van der Waals surface area contributed by atoms with Crippen LogP contribution in [-0.4, -0.2) is 36.2 Å². The first kappa shape index (κ1) is 28.6. The Labute approximate surface area is 241 Å². The third kappa shape index (κ3) is 5.68. The van der Waals surface area contributed by atoms with E-state index in [1.165, 1.54) is 4.68 Å². The molecule has 0 saturated carbocycles. The van der Waals surface area contributed by atoms with Crippen LogP contribution in [0.15, 0.2) is 56.8 Å². The molecule has 4 aromatic rings. The number of methoxy groups -OCH3 is 1. The predicted octanol–water partition coefficient (Wildman–Crippen LogP) is 7.60. The average Bonchev–Trinajstić information content (AvgIpc) is 2.92. The molecule has 0 saturated heterocycles. The van der Waals surface area contributed by atoms with Crippen molar-refractivity contribution in [2.45, 2.75) is 40.5 Å². The molecule has 1 aromatic heterocycles. The number of aryl methyl sites for hydroxylation is 1. The first-order valence-electron chi connectivity index (χ1n) is 12.7. The van der Waals surface area contributed by atoms with Gasteiger partial charge in [-0.3, -0.25) is 4.79 Å². The van der Waals surface area contributed by atoms with Gasteiger partial charge in [-0.15, -0.1) is 0 Å². The van der Waals surface area contributed by atoms with Crippen molar-refractivity contribution < 1.29 is 14.2 Å². The summed E-state index contributed by atoms with van der Waals surface area (Å²) >= 11 is 10.2. The summed E-state index contributed by atoms with van der Waals surface area (Å²) in [7, 11) is 1.66. The van der Waals surface area contributed by atoms with Gasteiger partial charge in [-0.05, 0) is 84.1 Å². The van der Waals surface area contributed by atoms with Gasteiger partial charge in [-0.25, -0.2) is 4.98 Å². The Hall–Kier alpha value is -3.36. The van der Waals surface area contributed by atoms with Crippen molar-refractivity contribution in [3.63, 3.8) is 0 Å². The molecule has 3 aromatic carbocycles. The lowest BCUT2D eigenvalue weighted by atomic mass is 9.96. The Morgan fingerprint density at radius 3 is 2.49 bits per heavy atom. The van der Waals surface area contributed by atoms with E-state index in [-0.39, 0.29) is 11.5 Å². The molecule has 204 valence electrons. The molecule has 1 heterocycles. The molecule has 39 heavy (non-hydrogen) atoms. The molecule has 0 spiro atoms. The van der Waals surface area contributed by atoms with E-state index in [0.717, 1.165) is 22.4 Å². The SMILES string of the molecule is CCOc1cc(C=Nn2c(-c3cc(C(C)C)c(OC)cc3C)nc3ccccc3c2=O)c(Br)c(Cl)c1OCC. The van der Waals surface area contributed by atoms with Crippen LogP contribution in [0.25, 0.3) is 22.3 Å². The lowest BCUT2D eigenvalue weighted by Crippen LogP contribution is -2.21. The van der Waals surface area contributed by atoms with Crippen LogP contribution in [0.2, 0.25) is 5.02 Å². The molecule has 0 fully saturated rings. The molecule has 0 bridgehead atoms. The summed E-state index contributed by atoms with van der Waals surface area (Å²) in [6.45, 7) is 10.8. The number of ether oxygens (including phenoxy) is 3. The second kappa shape index (κ2) is 12.2. The van der Waals surface area contributed by atoms with Crippen molar-refractivity contribution in [3.8, 4) is 28.6 Å². The highest BCUT2D eigenvalue weighted by Crippen LogP contribution is 2.42. The Bertz CT molecular complexity index is 1610. The summed E-state index contributed by atoms with van der Waals surface area (Å²) in [5.74, 6) is 2.36. The Kier molecular flexibility index (Phi) is 8.97. The molecule has 0 unspecified atom stereocenters. The van der Waals surface area contributed by atoms with Crippen molar-refractivity contribution >= 4 is 44.6 Å². The molecule has 0 amide bonds. The third-order valence-electron chi connectivity index (χ3n) is 6.25. The number of benzene rings is 3. The molecule has 0 atom stereocenters. The quantitative estimate of drug-likeness (QED) is 0.182. The van der Waals surface area contributed by atoms with Crippen LogP contribution in [0.3, 0.4) is 0 Å². The third-order valence-corrected chi connectivity index (χ3v) is 7.69. The van der Waals surface area contributed by atoms with E-state index >= 15 is 0 Å². The maximum Gasteiger partial charge on any atom is 0.282 e. The van der Waals surface area contributed by atoms with Crippen molar-refractivity contribution in [2.24, 2.45) is 5.10 Å². The average molecular weight is 613 g/mol. The van der Waals surface area contributed by atoms with Gasteiger partial charge in [0.15, 0.2) is 17.3 Å². The summed E-state index contributed by atoms with van der Waals surface area (Å²) in [4.78, 5) is 18.6. The van der Waals surface area contributed by atoms with Crippen LogP contribution in [0.5, 0.6) is 17.2 Å². The van der Waals surface area contributed by atoms with E-state index in [1.807, 2.05) is 51.1 Å². The maximum atomic E-state index is 13.8.